The predicted molar refractivity (Wildman–Crippen MR) is 54.7 cm³/mol. The average molecular weight is 165 g/mol. The smallest absolute Gasteiger partial charge is 0.208 e. The van der Waals surface area contributed by atoms with Crippen LogP contribution in [-0.2, 0) is 0 Å². The van der Waals surface area contributed by atoms with Gasteiger partial charge in [-0.05, 0) is 45.5 Å². The Kier molecular flexibility index (Phi) is 1.98. The highest BCUT2D eigenvalue weighted by Gasteiger charge is 2.40. The van der Waals surface area contributed by atoms with Gasteiger partial charge in [0.2, 0.25) is 7.41 Å². The monoisotopic (exact) mass is 165 g/mol. The highest BCUT2D eigenvalue weighted by molar-refractivity contribution is 6.35. The minimum atomic E-state index is 0.407. The number of hydrogen-bond acceptors (Lipinski definition) is 1. The topological polar surface area (TPSA) is 3.24 Å². The summed E-state index contributed by atoms with van der Waals surface area (Å²) in [4.78, 5) is 2.67. The number of hydrogen-bond donors (Lipinski definition) is 0. The Morgan fingerprint density at radius 1 is 1.25 bits per heavy atom. The summed E-state index contributed by atoms with van der Waals surface area (Å²) in [6.45, 7) is 8.39. The summed E-state index contributed by atoms with van der Waals surface area (Å²) in [5.41, 5.74) is 0.407. The van der Waals surface area contributed by atoms with Crippen LogP contribution in [0.1, 0.15) is 40.0 Å². The largest absolute Gasteiger partial charge is 0.340 e. The van der Waals surface area contributed by atoms with Crippen LogP contribution in [0.2, 0.25) is 5.82 Å². The van der Waals surface area contributed by atoms with E-state index < -0.39 is 0 Å². The molecule has 1 aliphatic heterocycles. The summed E-state index contributed by atoms with van der Waals surface area (Å²) in [5.74, 6) is 2.09. The Hall–Kier alpha value is 0.0249. The molecule has 2 aliphatic rings. The predicted octanol–water partition coefficient (Wildman–Crippen LogP) is 2.04. The first-order valence-electron chi connectivity index (χ1n) is 5.32. The van der Waals surface area contributed by atoms with Gasteiger partial charge in [-0.2, -0.15) is 0 Å². The van der Waals surface area contributed by atoms with E-state index in [4.69, 9.17) is 0 Å². The molecule has 12 heavy (non-hydrogen) atoms. The summed E-state index contributed by atoms with van der Waals surface area (Å²) >= 11 is 0. The third-order valence-electron chi connectivity index (χ3n) is 3.67. The Labute approximate surface area is 76.8 Å². The highest BCUT2D eigenvalue weighted by Crippen LogP contribution is 2.42. The lowest BCUT2D eigenvalue weighted by molar-refractivity contribution is 0.249. The molecule has 1 saturated carbocycles. The van der Waals surface area contributed by atoms with Crippen molar-refractivity contribution >= 4 is 7.41 Å². The molecule has 1 heterocycles. The zero-order valence-corrected chi connectivity index (χ0v) is 8.64. The van der Waals surface area contributed by atoms with Gasteiger partial charge < -0.3 is 4.81 Å². The summed E-state index contributed by atoms with van der Waals surface area (Å²) in [5, 5.41) is 0. The van der Waals surface area contributed by atoms with E-state index in [1.807, 2.05) is 0 Å². The van der Waals surface area contributed by atoms with Crippen LogP contribution in [-0.4, -0.2) is 24.3 Å². The molecule has 2 rings (SSSR count). The van der Waals surface area contributed by atoms with Crippen LogP contribution in [0.3, 0.4) is 0 Å². The molecule has 2 atom stereocenters. The van der Waals surface area contributed by atoms with E-state index in [1.165, 1.54) is 33.2 Å². The van der Waals surface area contributed by atoms with E-state index in [2.05, 4.69) is 25.6 Å². The minimum Gasteiger partial charge on any atom is -0.340 e. The molecule has 2 heteroatoms. The van der Waals surface area contributed by atoms with Gasteiger partial charge in [-0.1, -0.05) is 12.8 Å². The summed E-state index contributed by atoms with van der Waals surface area (Å²) in [6, 6.07) is 0. The SMILES string of the molecule is CC(C)(C)N1BC2CCCC2C1. The van der Waals surface area contributed by atoms with E-state index in [-0.39, 0.29) is 0 Å². The van der Waals surface area contributed by atoms with Crippen molar-refractivity contribution in [2.24, 2.45) is 5.92 Å². The molecule has 2 fully saturated rings. The van der Waals surface area contributed by atoms with E-state index in [0.29, 0.717) is 5.54 Å². The molecule has 0 amide bonds. The standard InChI is InChI=1S/C10H20BN/c1-10(2,3)12-7-8-5-4-6-9(8)11-12/h8-9,11H,4-7H2,1-3H3. The summed E-state index contributed by atoms with van der Waals surface area (Å²) in [6.07, 6.45) is 4.49. The lowest BCUT2D eigenvalue weighted by Crippen LogP contribution is -2.41. The van der Waals surface area contributed by atoms with Gasteiger partial charge in [0.25, 0.3) is 0 Å². The minimum absolute atomic E-state index is 0.407. The Balaban J connectivity index is 1.99. The van der Waals surface area contributed by atoms with Crippen molar-refractivity contribution in [2.75, 3.05) is 6.54 Å². The second-order valence-corrected chi connectivity index (χ2v) is 5.53. The van der Waals surface area contributed by atoms with Crippen molar-refractivity contribution in [1.82, 2.24) is 4.81 Å². The average Bonchev–Trinajstić information content (AvgIpc) is 2.37. The Morgan fingerprint density at radius 3 is 2.58 bits per heavy atom. The Morgan fingerprint density at radius 2 is 2.00 bits per heavy atom. The Bertz CT molecular complexity index is 161. The van der Waals surface area contributed by atoms with Gasteiger partial charge in [0.1, 0.15) is 0 Å². The van der Waals surface area contributed by atoms with Gasteiger partial charge in [-0.15, -0.1) is 0 Å². The molecule has 0 bridgehead atoms. The molecule has 0 N–H and O–H groups in total. The molecule has 1 nitrogen and oxygen atoms in total. The first-order chi connectivity index (χ1) is 5.57. The molecular weight excluding hydrogens is 145 g/mol. The third-order valence-corrected chi connectivity index (χ3v) is 3.67. The van der Waals surface area contributed by atoms with Crippen molar-refractivity contribution in [3.8, 4) is 0 Å². The van der Waals surface area contributed by atoms with Gasteiger partial charge in [-0.25, -0.2) is 0 Å². The van der Waals surface area contributed by atoms with Crippen LogP contribution in [0.25, 0.3) is 0 Å². The third kappa shape index (κ3) is 1.41. The van der Waals surface area contributed by atoms with Crippen LogP contribution in [0.5, 0.6) is 0 Å². The van der Waals surface area contributed by atoms with Crippen molar-refractivity contribution in [3.05, 3.63) is 0 Å². The quantitative estimate of drug-likeness (QED) is 0.496. The van der Waals surface area contributed by atoms with Crippen LogP contribution in [0.4, 0.5) is 0 Å². The molecule has 0 aromatic heterocycles. The maximum Gasteiger partial charge on any atom is 0.208 e. The van der Waals surface area contributed by atoms with Crippen molar-refractivity contribution in [3.63, 3.8) is 0 Å². The van der Waals surface area contributed by atoms with E-state index in [1.54, 1.807) is 0 Å². The highest BCUT2D eigenvalue weighted by atomic mass is 15.1. The second kappa shape index (κ2) is 2.76. The fraction of sp³-hybridized carbons (Fsp3) is 1.00. The summed E-state index contributed by atoms with van der Waals surface area (Å²) < 4.78 is 0. The van der Waals surface area contributed by atoms with Crippen molar-refractivity contribution < 1.29 is 0 Å². The van der Waals surface area contributed by atoms with Crippen molar-refractivity contribution in [1.29, 1.82) is 0 Å². The van der Waals surface area contributed by atoms with Crippen molar-refractivity contribution in [2.45, 2.75) is 51.4 Å². The molecule has 68 valence electrons. The van der Waals surface area contributed by atoms with Crippen LogP contribution >= 0.6 is 0 Å². The molecule has 2 unspecified atom stereocenters. The lowest BCUT2D eigenvalue weighted by Gasteiger charge is -2.32. The van der Waals surface area contributed by atoms with Gasteiger partial charge in [0.15, 0.2) is 0 Å². The number of rotatable bonds is 0. The fourth-order valence-corrected chi connectivity index (χ4v) is 2.78. The van der Waals surface area contributed by atoms with Gasteiger partial charge >= 0.3 is 0 Å². The molecule has 1 saturated heterocycles. The van der Waals surface area contributed by atoms with Crippen LogP contribution in [0.15, 0.2) is 0 Å². The van der Waals surface area contributed by atoms with Gasteiger partial charge in [-0.3, -0.25) is 0 Å². The second-order valence-electron chi connectivity index (χ2n) is 5.53. The lowest BCUT2D eigenvalue weighted by atomic mass is 9.72. The first kappa shape index (κ1) is 8.62. The normalized spacial score (nSPS) is 36.6. The number of fused-ring (bicyclic) bond motifs is 1. The zero-order valence-electron chi connectivity index (χ0n) is 8.64. The molecule has 0 radical (unpaired) electrons. The maximum absolute atomic E-state index is 2.67. The number of nitrogens with zero attached hydrogens (tertiary/aromatic N) is 1. The van der Waals surface area contributed by atoms with E-state index in [0.717, 1.165) is 11.7 Å². The van der Waals surface area contributed by atoms with Crippen LogP contribution in [0, 0.1) is 5.92 Å². The molecule has 1 aliphatic carbocycles. The molecule has 0 aromatic rings. The van der Waals surface area contributed by atoms with Gasteiger partial charge in [0.05, 0.1) is 0 Å². The molecule has 0 spiro atoms. The maximum atomic E-state index is 2.67. The zero-order chi connectivity index (χ0) is 8.77. The van der Waals surface area contributed by atoms with E-state index >= 15 is 0 Å². The molecular formula is C10H20BN. The fourth-order valence-electron chi connectivity index (χ4n) is 2.78. The van der Waals surface area contributed by atoms with Crippen LogP contribution < -0.4 is 0 Å². The van der Waals surface area contributed by atoms with Gasteiger partial charge in [0, 0.05) is 5.54 Å². The molecule has 0 aromatic carbocycles. The first-order valence-corrected chi connectivity index (χ1v) is 5.32. The van der Waals surface area contributed by atoms with E-state index in [9.17, 15) is 0 Å². The summed E-state index contributed by atoms with van der Waals surface area (Å²) in [7, 11) is 1.37.